The fraction of sp³-hybridized carbons (Fsp3) is 0.179. The molecule has 9 nitrogen and oxygen atoms in total. The summed E-state index contributed by atoms with van der Waals surface area (Å²) in [7, 11) is 0. The maximum Gasteiger partial charge on any atom is 0.415 e. The lowest BCUT2D eigenvalue weighted by Gasteiger charge is -2.34. The molecule has 1 unspecified atom stereocenters. The van der Waals surface area contributed by atoms with Crippen molar-refractivity contribution in [3.05, 3.63) is 94.8 Å². The van der Waals surface area contributed by atoms with Gasteiger partial charge in [0.25, 0.3) is 0 Å². The maximum absolute atomic E-state index is 13.1. The van der Waals surface area contributed by atoms with E-state index in [0.29, 0.717) is 53.1 Å². The molecule has 1 atom stereocenters. The molecule has 3 heterocycles. The van der Waals surface area contributed by atoms with Crippen molar-refractivity contribution in [3.8, 4) is 5.75 Å². The second kappa shape index (κ2) is 11.4. The molecule has 4 aromatic rings. The molecule has 194 valence electrons. The van der Waals surface area contributed by atoms with Gasteiger partial charge >= 0.3 is 6.09 Å². The molecular formula is C28H25ClN4O5. The topological polar surface area (TPSA) is 120 Å². The van der Waals surface area contributed by atoms with Crippen LogP contribution in [0, 0.1) is 0 Å². The van der Waals surface area contributed by atoms with Crippen molar-refractivity contribution < 1.29 is 23.5 Å². The van der Waals surface area contributed by atoms with Crippen LogP contribution in [0.3, 0.4) is 0 Å². The highest BCUT2D eigenvalue weighted by Gasteiger charge is 2.30. The predicted octanol–water partition coefficient (Wildman–Crippen LogP) is 4.97. The van der Waals surface area contributed by atoms with Gasteiger partial charge in [0.15, 0.2) is 5.58 Å². The van der Waals surface area contributed by atoms with Gasteiger partial charge in [0.1, 0.15) is 17.3 Å². The number of carbonyl (C=O) groups is 2. The number of pyridine rings is 1. The molecule has 0 radical (unpaired) electrons. The summed E-state index contributed by atoms with van der Waals surface area (Å²) in [6.45, 7) is 1.38. The van der Waals surface area contributed by atoms with Gasteiger partial charge in [-0.3, -0.25) is 9.69 Å². The number of amides is 2. The summed E-state index contributed by atoms with van der Waals surface area (Å²) in [4.78, 5) is 30.9. The second-order valence-corrected chi connectivity index (χ2v) is 9.07. The van der Waals surface area contributed by atoms with Crippen molar-refractivity contribution >= 4 is 46.5 Å². The number of nitrogen functional groups attached to an aromatic ring is 1. The number of ether oxygens (including phenoxy) is 2. The number of rotatable bonds is 6. The number of fused-ring (bicyclic) bond motifs is 1. The zero-order valence-electron chi connectivity index (χ0n) is 20.3. The fourth-order valence-corrected chi connectivity index (χ4v) is 4.39. The maximum atomic E-state index is 13.1. The van der Waals surface area contributed by atoms with Crippen LogP contribution >= 0.6 is 11.6 Å². The SMILES string of the molecule is Nc1ccc(/C=C/C(=O)NCc2cc3cc(OC(=O)N4CCOCC4c4ccccc4)cc(Cl)c3o2)cn1. The summed E-state index contributed by atoms with van der Waals surface area (Å²) >= 11 is 6.43. The predicted molar refractivity (Wildman–Crippen MR) is 143 cm³/mol. The summed E-state index contributed by atoms with van der Waals surface area (Å²) in [5.74, 6) is 0.896. The van der Waals surface area contributed by atoms with Gasteiger partial charge in [-0.2, -0.15) is 0 Å². The highest BCUT2D eigenvalue weighted by Crippen LogP contribution is 2.33. The minimum Gasteiger partial charge on any atom is -0.458 e. The molecule has 1 fully saturated rings. The number of furan rings is 1. The molecule has 2 amide bonds. The molecule has 1 aliphatic heterocycles. The van der Waals surface area contributed by atoms with Crippen LogP contribution < -0.4 is 15.8 Å². The lowest BCUT2D eigenvalue weighted by Crippen LogP contribution is -2.44. The Labute approximate surface area is 223 Å². The van der Waals surface area contributed by atoms with E-state index in [9.17, 15) is 9.59 Å². The Morgan fingerprint density at radius 3 is 2.82 bits per heavy atom. The molecule has 2 aromatic heterocycles. The molecule has 1 saturated heterocycles. The smallest absolute Gasteiger partial charge is 0.415 e. The first-order valence-electron chi connectivity index (χ1n) is 12.0. The van der Waals surface area contributed by atoms with Gasteiger partial charge in [0.2, 0.25) is 5.91 Å². The van der Waals surface area contributed by atoms with Gasteiger partial charge in [0.05, 0.1) is 30.8 Å². The summed E-state index contributed by atoms with van der Waals surface area (Å²) in [5.41, 5.74) is 7.72. The van der Waals surface area contributed by atoms with Crippen molar-refractivity contribution in [2.75, 3.05) is 25.5 Å². The van der Waals surface area contributed by atoms with Crippen LogP contribution in [0.1, 0.15) is 22.9 Å². The van der Waals surface area contributed by atoms with E-state index in [1.54, 1.807) is 41.4 Å². The molecule has 0 aliphatic carbocycles. The number of morpholine rings is 1. The van der Waals surface area contributed by atoms with Crippen LogP contribution in [0.5, 0.6) is 5.75 Å². The zero-order chi connectivity index (χ0) is 26.5. The molecule has 0 saturated carbocycles. The molecule has 0 bridgehead atoms. The third kappa shape index (κ3) is 5.96. The molecule has 38 heavy (non-hydrogen) atoms. The standard InChI is InChI=1S/C28H25ClN4O5/c29-23-14-21(38-28(35)33-10-11-36-17-24(33)19-4-2-1-3-5-19)12-20-13-22(37-27(20)23)16-32-26(34)9-7-18-6-8-25(30)31-15-18/h1-9,12-15,24H,10-11,16-17H2,(H2,30,31)(H,32,34)/b9-7+. The van der Waals surface area contributed by atoms with Crippen molar-refractivity contribution in [2.24, 2.45) is 0 Å². The van der Waals surface area contributed by atoms with Crippen LogP contribution in [0.25, 0.3) is 17.0 Å². The number of carbonyl (C=O) groups excluding carboxylic acids is 2. The minimum absolute atomic E-state index is 0.149. The zero-order valence-corrected chi connectivity index (χ0v) is 21.1. The Balaban J connectivity index is 1.24. The van der Waals surface area contributed by atoms with E-state index in [1.165, 1.54) is 12.1 Å². The number of aromatic nitrogens is 1. The molecule has 1 aliphatic rings. The lowest BCUT2D eigenvalue weighted by atomic mass is 10.1. The Morgan fingerprint density at radius 2 is 2.03 bits per heavy atom. The van der Waals surface area contributed by atoms with Gasteiger partial charge in [0, 0.05) is 30.3 Å². The van der Waals surface area contributed by atoms with Crippen molar-refractivity contribution in [1.29, 1.82) is 0 Å². The Bertz CT molecular complexity index is 1470. The normalized spacial score (nSPS) is 15.6. The molecule has 5 rings (SSSR count). The molecule has 3 N–H and O–H groups in total. The third-order valence-electron chi connectivity index (χ3n) is 6.02. The van der Waals surface area contributed by atoms with Gasteiger partial charge in [-0.1, -0.05) is 41.9 Å². The number of halogens is 1. The first-order chi connectivity index (χ1) is 18.5. The van der Waals surface area contributed by atoms with Gasteiger partial charge in [-0.25, -0.2) is 9.78 Å². The monoisotopic (exact) mass is 532 g/mol. The average molecular weight is 533 g/mol. The van der Waals surface area contributed by atoms with E-state index in [1.807, 2.05) is 30.3 Å². The van der Waals surface area contributed by atoms with Crippen molar-refractivity contribution in [1.82, 2.24) is 15.2 Å². The van der Waals surface area contributed by atoms with Gasteiger partial charge in [-0.15, -0.1) is 0 Å². The summed E-state index contributed by atoms with van der Waals surface area (Å²) in [6, 6.07) is 17.8. The molecule has 2 aromatic carbocycles. The van der Waals surface area contributed by atoms with E-state index in [2.05, 4.69) is 10.3 Å². The number of anilines is 1. The number of nitrogens with two attached hydrogens (primary N) is 1. The first kappa shape index (κ1) is 25.3. The van der Waals surface area contributed by atoms with E-state index in [0.717, 1.165) is 11.1 Å². The first-order valence-corrected chi connectivity index (χ1v) is 12.3. The van der Waals surface area contributed by atoms with Crippen molar-refractivity contribution in [3.63, 3.8) is 0 Å². The average Bonchev–Trinajstić information content (AvgIpc) is 3.36. The van der Waals surface area contributed by atoms with E-state index in [4.69, 9.17) is 31.2 Å². The van der Waals surface area contributed by atoms with E-state index >= 15 is 0 Å². The summed E-state index contributed by atoms with van der Waals surface area (Å²) in [5, 5.41) is 3.70. The second-order valence-electron chi connectivity index (χ2n) is 8.67. The van der Waals surface area contributed by atoms with Gasteiger partial charge < -0.3 is 24.9 Å². The number of hydrogen-bond acceptors (Lipinski definition) is 7. The summed E-state index contributed by atoms with van der Waals surface area (Å²) < 4.78 is 17.1. The molecule has 10 heteroatoms. The highest BCUT2D eigenvalue weighted by molar-refractivity contribution is 6.35. The number of nitrogens with one attached hydrogen (secondary N) is 1. The highest BCUT2D eigenvalue weighted by atomic mass is 35.5. The van der Waals surface area contributed by atoms with Crippen LogP contribution in [0.2, 0.25) is 5.02 Å². The lowest BCUT2D eigenvalue weighted by molar-refractivity contribution is -0.116. The number of nitrogens with zero attached hydrogens (tertiary/aromatic N) is 2. The largest absolute Gasteiger partial charge is 0.458 e. The minimum atomic E-state index is -0.489. The van der Waals surface area contributed by atoms with Crippen LogP contribution in [-0.4, -0.2) is 41.6 Å². The molecule has 0 spiro atoms. The van der Waals surface area contributed by atoms with E-state index < -0.39 is 6.09 Å². The van der Waals surface area contributed by atoms with Crippen LogP contribution in [0.4, 0.5) is 10.6 Å². The molecular weight excluding hydrogens is 508 g/mol. The van der Waals surface area contributed by atoms with Crippen LogP contribution in [0.15, 0.2) is 77.4 Å². The Morgan fingerprint density at radius 1 is 1.18 bits per heavy atom. The fourth-order valence-electron chi connectivity index (χ4n) is 4.14. The summed E-state index contributed by atoms with van der Waals surface area (Å²) in [6.07, 6.45) is 4.12. The van der Waals surface area contributed by atoms with Crippen LogP contribution in [-0.2, 0) is 16.1 Å². The quantitative estimate of drug-likeness (QED) is 0.336. The van der Waals surface area contributed by atoms with E-state index in [-0.39, 0.29) is 18.5 Å². The van der Waals surface area contributed by atoms with Gasteiger partial charge in [-0.05, 0) is 41.5 Å². The Hall–Kier alpha value is -4.34. The number of hydrogen-bond donors (Lipinski definition) is 2. The number of benzene rings is 2. The third-order valence-corrected chi connectivity index (χ3v) is 6.30. The van der Waals surface area contributed by atoms with Crippen molar-refractivity contribution in [2.45, 2.75) is 12.6 Å². The Kier molecular flexibility index (Phi) is 7.57.